The third-order valence-electron chi connectivity index (χ3n) is 3.07. The van der Waals surface area contributed by atoms with E-state index in [9.17, 15) is 9.59 Å². The molecule has 3 nitrogen and oxygen atoms in total. The molecule has 1 aliphatic carbocycles. The van der Waals surface area contributed by atoms with Crippen LogP contribution in [0.3, 0.4) is 0 Å². The van der Waals surface area contributed by atoms with E-state index in [-0.39, 0.29) is 11.3 Å². The Kier molecular flexibility index (Phi) is 7.09. The molecule has 1 amide bonds. The number of ketones is 1. The van der Waals surface area contributed by atoms with Gasteiger partial charge in [0.25, 0.3) is 0 Å². The zero-order chi connectivity index (χ0) is 13.5. The number of carbonyl (C=O) groups is 2. The highest BCUT2D eigenvalue weighted by Gasteiger charge is 2.29. The number of amides is 1. The Balaban J connectivity index is 0.000000437. The lowest BCUT2D eigenvalue weighted by Gasteiger charge is -2.27. The van der Waals surface area contributed by atoms with Gasteiger partial charge in [0.1, 0.15) is 5.78 Å². The van der Waals surface area contributed by atoms with Crippen molar-refractivity contribution in [3.63, 3.8) is 0 Å². The summed E-state index contributed by atoms with van der Waals surface area (Å²) in [6.07, 6.45) is 6.11. The lowest BCUT2D eigenvalue weighted by atomic mass is 9.76. The van der Waals surface area contributed by atoms with Crippen molar-refractivity contribution >= 4 is 11.7 Å². The van der Waals surface area contributed by atoms with Crippen LogP contribution in [0.15, 0.2) is 0 Å². The Morgan fingerprint density at radius 2 is 1.47 bits per heavy atom. The number of hydrogen-bond acceptors (Lipinski definition) is 2. The molecule has 0 aromatic heterocycles. The smallest absolute Gasteiger partial charge is 0.216 e. The molecule has 17 heavy (non-hydrogen) atoms. The number of hydrogen-bond donors (Lipinski definition) is 1. The maximum atomic E-state index is 11.8. The van der Waals surface area contributed by atoms with Crippen LogP contribution in [-0.4, -0.2) is 18.7 Å². The fourth-order valence-corrected chi connectivity index (χ4v) is 1.98. The number of rotatable bonds is 1. The van der Waals surface area contributed by atoms with Crippen LogP contribution in [0.25, 0.3) is 0 Å². The molecule has 3 heteroatoms. The zero-order valence-electron chi connectivity index (χ0n) is 11.9. The van der Waals surface area contributed by atoms with Gasteiger partial charge in [-0.15, -0.1) is 0 Å². The van der Waals surface area contributed by atoms with Crippen molar-refractivity contribution in [3.8, 4) is 0 Å². The van der Waals surface area contributed by atoms with Gasteiger partial charge in [0, 0.05) is 25.3 Å². The number of carbonyl (C=O) groups excluding carboxylic acids is 2. The summed E-state index contributed by atoms with van der Waals surface area (Å²) in [5, 5.41) is 2.39. The molecular weight excluding hydrogens is 214 g/mol. The Hall–Kier alpha value is -0.860. The summed E-state index contributed by atoms with van der Waals surface area (Å²) in [6.45, 7) is 7.57. The molecule has 1 saturated carbocycles. The minimum atomic E-state index is -0.123. The van der Waals surface area contributed by atoms with E-state index in [0.717, 1.165) is 12.8 Å². The van der Waals surface area contributed by atoms with E-state index in [4.69, 9.17) is 0 Å². The van der Waals surface area contributed by atoms with Crippen LogP contribution in [0.5, 0.6) is 0 Å². The Labute approximate surface area is 105 Å². The first-order chi connectivity index (χ1) is 7.79. The van der Waals surface area contributed by atoms with Gasteiger partial charge in [-0.2, -0.15) is 0 Å². The predicted octanol–water partition coefficient (Wildman–Crippen LogP) is 2.93. The molecule has 0 radical (unpaired) electrons. The largest absolute Gasteiger partial charge is 0.359 e. The molecule has 100 valence electrons. The highest BCUT2D eigenvalue weighted by Crippen LogP contribution is 2.30. The second kappa shape index (κ2) is 7.46. The van der Waals surface area contributed by atoms with Gasteiger partial charge in [0.05, 0.1) is 0 Å². The van der Waals surface area contributed by atoms with Crippen LogP contribution in [-0.2, 0) is 9.59 Å². The van der Waals surface area contributed by atoms with Crippen molar-refractivity contribution in [2.75, 3.05) is 7.05 Å². The van der Waals surface area contributed by atoms with Crippen LogP contribution < -0.4 is 5.32 Å². The van der Waals surface area contributed by atoms with Crippen molar-refractivity contribution in [2.45, 2.75) is 59.8 Å². The van der Waals surface area contributed by atoms with E-state index in [2.05, 4.69) is 5.32 Å². The quantitative estimate of drug-likeness (QED) is 0.767. The molecule has 1 aliphatic rings. The highest BCUT2D eigenvalue weighted by molar-refractivity contribution is 5.85. The third-order valence-corrected chi connectivity index (χ3v) is 3.07. The molecule has 0 saturated heterocycles. The monoisotopic (exact) mass is 241 g/mol. The molecule has 0 atom stereocenters. The molecule has 0 aliphatic heterocycles. The molecule has 1 N–H and O–H groups in total. The molecule has 0 aromatic rings. The fraction of sp³-hybridized carbons (Fsp3) is 0.857. The van der Waals surface area contributed by atoms with E-state index in [0.29, 0.717) is 11.7 Å². The van der Waals surface area contributed by atoms with Gasteiger partial charge in [0.15, 0.2) is 0 Å². The lowest BCUT2D eigenvalue weighted by molar-refractivity contribution is -0.131. The van der Waals surface area contributed by atoms with Gasteiger partial charge >= 0.3 is 0 Å². The van der Waals surface area contributed by atoms with E-state index in [1.54, 1.807) is 7.05 Å². The van der Waals surface area contributed by atoms with E-state index < -0.39 is 0 Å². The molecule has 0 unspecified atom stereocenters. The lowest BCUT2D eigenvalue weighted by Crippen LogP contribution is -2.29. The summed E-state index contributed by atoms with van der Waals surface area (Å²) in [5.41, 5.74) is -0.123. The second-order valence-corrected chi connectivity index (χ2v) is 5.76. The maximum absolute atomic E-state index is 11.8. The normalized spacial score (nSPS) is 16.8. The SMILES string of the molecule is CC(C)(C)C(=O)C1CCCCC1.CNC(C)=O. The highest BCUT2D eigenvalue weighted by atomic mass is 16.1. The predicted molar refractivity (Wildman–Crippen MR) is 70.8 cm³/mol. The summed E-state index contributed by atoms with van der Waals surface area (Å²) in [7, 11) is 1.60. The molecular formula is C14H27NO2. The fourth-order valence-electron chi connectivity index (χ4n) is 1.98. The van der Waals surface area contributed by atoms with E-state index >= 15 is 0 Å². The van der Waals surface area contributed by atoms with Crippen molar-refractivity contribution in [1.82, 2.24) is 5.32 Å². The van der Waals surface area contributed by atoms with Crippen molar-refractivity contribution in [3.05, 3.63) is 0 Å². The van der Waals surface area contributed by atoms with Gasteiger partial charge in [-0.05, 0) is 12.8 Å². The Morgan fingerprint density at radius 1 is 1.06 bits per heavy atom. The van der Waals surface area contributed by atoms with E-state index in [1.165, 1.54) is 26.2 Å². The first-order valence-electron chi connectivity index (χ1n) is 6.51. The average Bonchev–Trinajstić information content (AvgIpc) is 2.29. The second-order valence-electron chi connectivity index (χ2n) is 5.76. The molecule has 0 heterocycles. The van der Waals surface area contributed by atoms with Gasteiger partial charge in [-0.25, -0.2) is 0 Å². The van der Waals surface area contributed by atoms with Gasteiger partial charge < -0.3 is 5.32 Å². The molecule has 0 aromatic carbocycles. The van der Waals surface area contributed by atoms with Crippen molar-refractivity contribution < 1.29 is 9.59 Å². The minimum Gasteiger partial charge on any atom is -0.359 e. The molecule has 1 fully saturated rings. The topological polar surface area (TPSA) is 46.2 Å². The zero-order valence-corrected chi connectivity index (χ0v) is 11.9. The van der Waals surface area contributed by atoms with Crippen LogP contribution in [0.4, 0.5) is 0 Å². The number of nitrogens with one attached hydrogen (secondary N) is 1. The summed E-state index contributed by atoms with van der Waals surface area (Å²) >= 11 is 0. The van der Waals surface area contributed by atoms with Crippen LogP contribution in [0.1, 0.15) is 59.8 Å². The average molecular weight is 241 g/mol. The van der Waals surface area contributed by atoms with Gasteiger partial charge in [-0.3, -0.25) is 9.59 Å². The minimum absolute atomic E-state index is 0.00463. The van der Waals surface area contributed by atoms with E-state index in [1.807, 2.05) is 20.8 Å². The molecule has 1 rings (SSSR count). The molecule has 0 bridgehead atoms. The maximum Gasteiger partial charge on any atom is 0.216 e. The Morgan fingerprint density at radius 3 is 1.76 bits per heavy atom. The van der Waals surface area contributed by atoms with Crippen molar-refractivity contribution in [1.29, 1.82) is 0 Å². The van der Waals surface area contributed by atoms with Gasteiger partial charge in [0.2, 0.25) is 5.91 Å². The Bertz CT molecular complexity index is 247. The molecule has 0 spiro atoms. The number of Topliss-reactive ketones (excluding diaryl/α,β-unsaturated/α-hetero) is 1. The first-order valence-corrected chi connectivity index (χ1v) is 6.51. The third kappa shape index (κ3) is 7.14. The summed E-state index contributed by atoms with van der Waals surface area (Å²) in [6, 6.07) is 0. The summed E-state index contributed by atoms with van der Waals surface area (Å²) < 4.78 is 0. The van der Waals surface area contributed by atoms with Crippen LogP contribution in [0, 0.1) is 11.3 Å². The van der Waals surface area contributed by atoms with Gasteiger partial charge in [-0.1, -0.05) is 40.0 Å². The van der Waals surface area contributed by atoms with Crippen molar-refractivity contribution in [2.24, 2.45) is 11.3 Å². The summed E-state index contributed by atoms with van der Waals surface area (Å²) in [5.74, 6) is 0.853. The van der Waals surface area contributed by atoms with Crippen LogP contribution in [0.2, 0.25) is 0 Å². The standard InChI is InChI=1S/C11H20O.C3H7NO/c1-11(2,3)10(12)9-7-5-4-6-8-9;1-3(5)4-2/h9H,4-8H2,1-3H3;1-2H3,(H,4,5). The van der Waals surface area contributed by atoms with Crippen LogP contribution >= 0.6 is 0 Å². The summed E-state index contributed by atoms with van der Waals surface area (Å²) in [4.78, 5) is 21.5. The first kappa shape index (κ1) is 16.1.